The molecule has 0 spiro atoms. The molecule has 0 N–H and O–H groups in total. The lowest BCUT2D eigenvalue weighted by Crippen LogP contribution is -2.03. The Balaban J connectivity index is 1.29. The number of aromatic nitrogens is 3. The van der Waals surface area contributed by atoms with Crippen LogP contribution in [0.2, 0.25) is 0 Å². The third kappa shape index (κ3) is 3.55. The molecule has 5 heteroatoms. The van der Waals surface area contributed by atoms with Crippen LogP contribution in [0.15, 0.2) is 140 Å². The molecule has 0 aliphatic carbocycles. The largest absolute Gasteiger partial charge is 0.278 e. The average Bonchev–Trinajstić information content (AvgIpc) is 3.79. The minimum absolute atomic E-state index is 0.691. The molecular formula is C42H23N3S2. The smallest absolute Gasteiger partial charge is 0.235 e. The van der Waals surface area contributed by atoms with Crippen LogP contribution in [-0.2, 0) is 0 Å². The normalized spacial score (nSPS) is 12.3. The van der Waals surface area contributed by atoms with E-state index in [0.29, 0.717) is 5.95 Å². The summed E-state index contributed by atoms with van der Waals surface area (Å²) < 4.78 is 7.25. The average molecular weight is 634 g/mol. The van der Waals surface area contributed by atoms with E-state index in [2.05, 4.69) is 144 Å². The molecule has 4 aromatic heterocycles. The molecule has 0 amide bonds. The molecule has 0 fully saturated rings. The molecule has 0 aliphatic heterocycles. The van der Waals surface area contributed by atoms with Gasteiger partial charge in [0.2, 0.25) is 5.95 Å². The van der Waals surface area contributed by atoms with Gasteiger partial charge in [-0.15, -0.1) is 22.7 Å². The summed E-state index contributed by atoms with van der Waals surface area (Å²) in [4.78, 5) is 10.9. The van der Waals surface area contributed by atoms with E-state index in [-0.39, 0.29) is 0 Å². The lowest BCUT2D eigenvalue weighted by atomic mass is 10.0. The number of hydrogen-bond acceptors (Lipinski definition) is 4. The minimum atomic E-state index is 0.691. The van der Waals surface area contributed by atoms with Crippen LogP contribution in [0, 0.1) is 0 Å². The van der Waals surface area contributed by atoms with Gasteiger partial charge in [0.1, 0.15) is 0 Å². The standard InChI is InChI=1S/C42H23N3S2/c1-2-12-26-24(10-1)11-9-16-28(26)39-41-40(30-15-5-8-19-36(30)47-41)44-42(43-39)45-33-17-6-3-13-27(33)32-23-31-25(22-34(32)45)20-21-37-38(31)29-14-4-7-18-35(29)46-37/h1-23H. The van der Waals surface area contributed by atoms with Gasteiger partial charge in [-0.2, -0.15) is 0 Å². The number of rotatable bonds is 2. The third-order valence-electron chi connectivity index (χ3n) is 9.60. The van der Waals surface area contributed by atoms with E-state index in [9.17, 15) is 0 Å². The number of fused-ring (bicyclic) bond motifs is 12. The summed E-state index contributed by atoms with van der Waals surface area (Å²) in [5.41, 5.74) is 5.31. The van der Waals surface area contributed by atoms with Gasteiger partial charge in [-0.25, -0.2) is 9.97 Å². The highest BCUT2D eigenvalue weighted by Gasteiger charge is 2.21. The SMILES string of the molecule is c1ccc2c(-c3nc(-n4c5ccccc5c5cc6c(ccc7sc8ccccc8c76)cc54)nc4c3sc3ccccc34)cccc2c1. The van der Waals surface area contributed by atoms with Gasteiger partial charge in [0, 0.05) is 46.6 Å². The Hall–Kier alpha value is -5.62. The lowest BCUT2D eigenvalue weighted by molar-refractivity contribution is 1.02. The Kier molecular flexibility index (Phi) is 5.14. The monoisotopic (exact) mass is 633 g/mol. The van der Waals surface area contributed by atoms with Crippen molar-refractivity contribution in [1.82, 2.24) is 14.5 Å². The van der Waals surface area contributed by atoms with Crippen molar-refractivity contribution >= 4 is 106 Å². The van der Waals surface area contributed by atoms with E-state index in [1.165, 1.54) is 57.2 Å². The fourth-order valence-corrected chi connectivity index (χ4v) is 9.79. The Morgan fingerprint density at radius 1 is 0.447 bits per heavy atom. The number of thiophene rings is 2. The molecule has 3 nitrogen and oxygen atoms in total. The molecule has 11 rings (SSSR count). The number of benzene rings is 7. The first-order chi connectivity index (χ1) is 23.3. The van der Waals surface area contributed by atoms with Crippen molar-refractivity contribution in [1.29, 1.82) is 0 Å². The summed E-state index contributed by atoms with van der Waals surface area (Å²) in [6.07, 6.45) is 0. The second kappa shape index (κ2) is 9.46. The zero-order valence-electron chi connectivity index (χ0n) is 24.9. The molecule has 4 heterocycles. The van der Waals surface area contributed by atoms with Crippen LogP contribution in [0.3, 0.4) is 0 Å². The fourth-order valence-electron chi connectivity index (χ4n) is 7.52. The Morgan fingerprint density at radius 3 is 2.06 bits per heavy atom. The first-order valence-corrected chi connectivity index (χ1v) is 17.4. The van der Waals surface area contributed by atoms with Gasteiger partial charge < -0.3 is 0 Å². The van der Waals surface area contributed by atoms with Gasteiger partial charge in [0.25, 0.3) is 0 Å². The molecular weight excluding hydrogens is 611 g/mol. The molecule has 47 heavy (non-hydrogen) atoms. The van der Waals surface area contributed by atoms with Gasteiger partial charge in [-0.1, -0.05) is 103 Å². The first kappa shape index (κ1) is 25.6. The molecule has 0 saturated carbocycles. The highest BCUT2D eigenvalue weighted by molar-refractivity contribution is 7.26. The van der Waals surface area contributed by atoms with Crippen LogP contribution in [0.25, 0.3) is 101 Å². The molecule has 0 radical (unpaired) electrons. The van der Waals surface area contributed by atoms with Crippen molar-refractivity contribution in [3.63, 3.8) is 0 Å². The maximum atomic E-state index is 5.49. The molecule has 0 atom stereocenters. The van der Waals surface area contributed by atoms with Gasteiger partial charge in [0.15, 0.2) is 0 Å². The maximum Gasteiger partial charge on any atom is 0.235 e. The summed E-state index contributed by atoms with van der Waals surface area (Å²) in [5, 5.41) is 11.1. The molecule has 0 bridgehead atoms. The predicted molar refractivity (Wildman–Crippen MR) is 203 cm³/mol. The van der Waals surface area contributed by atoms with Gasteiger partial charge in [-0.05, 0) is 57.9 Å². The highest BCUT2D eigenvalue weighted by atomic mass is 32.1. The summed E-state index contributed by atoms with van der Waals surface area (Å²) in [7, 11) is 0. The lowest BCUT2D eigenvalue weighted by Gasteiger charge is -2.12. The van der Waals surface area contributed by atoms with Crippen LogP contribution in [0.4, 0.5) is 0 Å². The summed E-state index contributed by atoms with van der Waals surface area (Å²) in [6.45, 7) is 0. The van der Waals surface area contributed by atoms with Crippen molar-refractivity contribution in [3.05, 3.63) is 140 Å². The first-order valence-electron chi connectivity index (χ1n) is 15.8. The Bertz CT molecular complexity index is 3080. The number of para-hydroxylation sites is 1. The van der Waals surface area contributed by atoms with Crippen molar-refractivity contribution in [2.75, 3.05) is 0 Å². The van der Waals surface area contributed by atoms with Crippen LogP contribution in [0.1, 0.15) is 0 Å². The Morgan fingerprint density at radius 2 is 1.17 bits per heavy atom. The quantitative estimate of drug-likeness (QED) is 0.190. The van der Waals surface area contributed by atoms with Crippen LogP contribution < -0.4 is 0 Å². The minimum Gasteiger partial charge on any atom is -0.278 e. The maximum absolute atomic E-state index is 5.49. The van der Waals surface area contributed by atoms with E-state index >= 15 is 0 Å². The second-order valence-corrected chi connectivity index (χ2v) is 14.3. The number of nitrogens with zero attached hydrogens (tertiary/aromatic N) is 3. The molecule has 218 valence electrons. The van der Waals surface area contributed by atoms with Gasteiger partial charge >= 0.3 is 0 Å². The molecule has 0 saturated heterocycles. The van der Waals surface area contributed by atoms with E-state index < -0.39 is 0 Å². The summed E-state index contributed by atoms with van der Waals surface area (Å²) in [5.74, 6) is 0.691. The van der Waals surface area contributed by atoms with E-state index in [1.54, 1.807) is 11.3 Å². The van der Waals surface area contributed by atoms with Crippen molar-refractivity contribution in [3.8, 4) is 17.2 Å². The molecule has 0 unspecified atom stereocenters. The fraction of sp³-hybridized carbons (Fsp3) is 0. The van der Waals surface area contributed by atoms with Gasteiger partial charge in [0.05, 0.1) is 26.9 Å². The molecule has 11 aromatic rings. The Labute approximate surface area is 276 Å². The predicted octanol–water partition coefficient (Wildman–Crippen LogP) is 12.3. The third-order valence-corrected chi connectivity index (χ3v) is 11.9. The zero-order chi connectivity index (χ0) is 30.6. The van der Waals surface area contributed by atoms with E-state index in [0.717, 1.165) is 37.9 Å². The highest BCUT2D eigenvalue weighted by Crippen LogP contribution is 2.44. The summed E-state index contributed by atoms with van der Waals surface area (Å²) in [6, 6.07) is 50.4. The van der Waals surface area contributed by atoms with Crippen LogP contribution in [-0.4, -0.2) is 14.5 Å². The molecule has 0 aliphatic rings. The summed E-state index contributed by atoms with van der Waals surface area (Å²) >= 11 is 3.64. The van der Waals surface area contributed by atoms with Gasteiger partial charge in [-0.3, -0.25) is 4.57 Å². The van der Waals surface area contributed by atoms with Crippen LogP contribution in [0.5, 0.6) is 0 Å². The van der Waals surface area contributed by atoms with Crippen molar-refractivity contribution in [2.45, 2.75) is 0 Å². The topological polar surface area (TPSA) is 30.7 Å². The van der Waals surface area contributed by atoms with E-state index in [1.807, 2.05) is 11.3 Å². The second-order valence-electron chi connectivity index (χ2n) is 12.2. The number of hydrogen-bond donors (Lipinski definition) is 0. The zero-order valence-corrected chi connectivity index (χ0v) is 26.6. The molecule has 7 aromatic carbocycles. The van der Waals surface area contributed by atoms with Crippen molar-refractivity contribution in [2.24, 2.45) is 0 Å². The van der Waals surface area contributed by atoms with Crippen LogP contribution >= 0.6 is 22.7 Å². The van der Waals surface area contributed by atoms with Crippen molar-refractivity contribution < 1.29 is 0 Å². The van der Waals surface area contributed by atoms with E-state index in [4.69, 9.17) is 9.97 Å².